The highest BCUT2D eigenvalue weighted by molar-refractivity contribution is 7.16. The van der Waals surface area contributed by atoms with Gasteiger partial charge in [0, 0.05) is 31.7 Å². The van der Waals surface area contributed by atoms with Crippen LogP contribution in [0.15, 0.2) is 36.0 Å². The number of benzene rings is 1. The van der Waals surface area contributed by atoms with E-state index in [0.717, 1.165) is 48.8 Å². The minimum atomic E-state index is 0.328. The second-order valence-electron chi connectivity index (χ2n) is 8.46. The van der Waals surface area contributed by atoms with Crippen LogP contribution in [-0.2, 0) is 11.2 Å². The van der Waals surface area contributed by atoms with Gasteiger partial charge in [-0.2, -0.15) is 0 Å². The van der Waals surface area contributed by atoms with E-state index in [1.54, 1.807) is 16.0 Å². The first-order valence-corrected chi connectivity index (χ1v) is 12.7. The molecule has 1 amide bonds. The van der Waals surface area contributed by atoms with Crippen molar-refractivity contribution in [3.63, 3.8) is 0 Å². The van der Waals surface area contributed by atoms with Gasteiger partial charge in [-0.05, 0) is 44.9 Å². The summed E-state index contributed by atoms with van der Waals surface area (Å²) in [6, 6.07) is 7.29. The number of piperazine rings is 1. The van der Waals surface area contributed by atoms with Crippen molar-refractivity contribution in [2.75, 3.05) is 25.1 Å². The Morgan fingerprint density at radius 3 is 2.97 bits per heavy atom. The molecular formula is C26H32N6OS. The molecule has 1 fully saturated rings. The molecule has 34 heavy (non-hydrogen) atoms. The Labute approximate surface area is 205 Å². The maximum absolute atomic E-state index is 11.2. The van der Waals surface area contributed by atoms with Crippen molar-refractivity contribution >= 4 is 33.7 Å². The first-order chi connectivity index (χ1) is 16.6. The van der Waals surface area contributed by atoms with Gasteiger partial charge in [0.1, 0.15) is 0 Å². The number of carbonyl (C=O) groups is 1. The molecular weight excluding hydrogens is 444 g/mol. The number of hydrogen-bond donors (Lipinski definition) is 1. The highest BCUT2D eigenvalue weighted by Crippen LogP contribution is 2.31. The van der Waals surface area contributed by atoms with E-state index in [2.05, 4.69) is 70.2 Å². The fraction of sp³-hybridized carbons (Fsp3) is 0.423. The van der Waals surface area contributed by atoms with Crippen LogP contribution in [0.5, 0.6) is 0 Å². The lowest BCUT2D eigenvalue weighted by molar-refractivity contribution is -0.106. The summed E-state index contributed by atoms with van der Waals surface area (Å²) in [5.74, 6) is 6.72. The SMILES string of the molecule is CC#CCc1cn(NC=O)c(/C(=C\C)N2CCN(C(C)c3ccc4ncsc4c3)CC2CC)n1. The van der Waals surface area contributed by atoms with E-state index in [0.29, 0.717) is 24.9 Å². The number of amides is 1. The largest absolute Gasteiger partial charge is 0.363 e. The Kier molecular flexibility index (Phi) is 7.66. The van der Waals surface area contributed by atoms with Crippen molar-refractivity contribution in [1.29, 1.82) is 0 Å². The lowest BCUT2D eigenvalue weighted by Crippen LogP contribution is -2.52. The van der Waals surface area contributed by atoms with Crippen molar-refractivity contribution < 1.29 is 4.79 Å². The van der Waals surface area contributed by atoms with E-state index >= 15 is 0 Å². The Morgan fingerprint density at radius 1 is 1.38 bits per heavy atom. The first-order valence-electron chi connectivity index (χ1n) is 11.8. The van der Waals surface area contributed by atoms with Crippen LogP contribution in [0.25, 0.3) is 15.9 Å². The van der Waals surface area contributed by atoms with Crippen LogP contribution in [0.4, 0.5) is 0 Å². The van der Waals surface area contributed by atoms with Gasteiger partial charge in [-0.25, -0.2) is 14.6 Å². The van der Waals surface area contributed by atoms with Crippen molar-refractivity contribution in [2.24, 2.45) is 0 Å². The quantitative estimate of drug-likeness (QED) is 0.388. The summed E-state index contributed by atoms with van der Waals surface area (Å²) >= 11 is 1.69. The van der Waals surface area contributed by atoms with Gasteiger partial charge < -0.3 is 4.90 Å². The van der Waals surface area contributed by atoms with Gasteiger partial charge in [0.2, 0.25) is 6.41 Å². The third kappa shape index (κ3) is 4.86. The van der Waals surface area contributed by atoms with E-state index in [9.17, 15) is 4.79 Å². The number of nitrogens with zero attached hydrogens (tertiary/aromatic N) is 5. The van der Waals surface area contributed by atoms with E-state index in [1.807, 2.05) is 25.6 Å². The minimum absolute atomic E-state index is 0.328. The van der Waals surface area contributed by atoms with Gasteiger partial charge in [-0.15, -0.1) is 17.3 Å². The molecule has 1 N–H and O–H groups in total. The van der Waals surface area contributed by atoms with Gasteiger partial charge in [0.15, 0.2) is 5.82 Å². The zero-order valence-corrected chi connectivity index (χ0v) is 21.1. The summed E-state index contributed by atoms with van der Waals surface area (Å²) < 4.78 is 2.95. The number of aromatic nitrogens is 3. The van der Waals surface area contributed by atoms with E-state index in [4.69, 9.17) is 4.98 Å². The monoisotopic (exact) mass is 476 g/mol. The van der Waals surface area contributed by atoms with E-state index in [1.165, 1.54) is 10.3 Å². The number of allylic oxidation sites excluding steroid dienone is 1. The zero-order chi connectivity index (χ0) is 24.1. The molecule has 0 bridgehead atoms. The average molecular weight is 477 g/mol. The molecule has 1 saturated heterocycles. The van der Waals surface area contributed by atoms with Crippen LogP contribution in [0.2, 0.25) is 0 Å². The van der Waals surface area contributed by atoms with Gasteiger partial charge in [0.05, 0.1) is 39.7 Å². The topological polar surface area (TPSA) is 66.3 Å². The molecule has 2 unspecified atom stereocenters. The molecule has 2 atom stereocenters. The van der Waals surface area contributed by atoms with E-state index < -0.39 is 0 Å². The molecule has 7 nitrogen and oxygen atoms in total. The van der Waals surface area contributed by atoms with Crippen molar-refractivity contribution in [3.05, 3.63) is 53.1 Å². The lowest BCUT2D eigenvalue weighted by atomic mass is 10.0. The Bertz CT molecular complexity index is 1230. The molecule has 1 aromatic carbocycles. The third-order valence-corrected chi connectivity index (χ3v) is 7.37. The lowest BCUT2D eigenvalue weighted by Gasteiger charge is -2.45. The highest BCUT2D eigenvalue weighted by atomic mass is 32.1. The van der Waals surface area contributed by atoms with Crippen LogP contribution in [-0.4, -0.2) is 56.5 Å². The molecule has 0 spiro atoms. The van der Waals surface area contributed by atoms with Crippen molar-refractivity contribution in [3.8, 4) is 11.8 Å². The maximum atomic E-state index is 11.2. The van der Waals surface area contributed by atoms with Gasteiger partial charge in [0.25, 0.3) is 0 Å². The van der Waals surface area contributed by atoms with Crippen LogP contribution in [0.3, 0.4) is 0 Å². The highest BCUT2D eigenvalue weighted by Gasteiger charge is 2.32. The zero-order valence-electron chi connectivity index (χ0n) is 20.3. The van der Waals surface area contributed by atoms with Gasteiger partial charge >= 0.3 is 0 Å². The summed E-state index contributed by atoms with van der Waals surface area (Å²) in [5.41, 5.74) is 8.96. The van der Waals surface area contributed by atoms with Crippen LogP contribution >= 0.6 is 11.3 Å². The summed E-state index contributed by atoms with van der Waals surface area (Å²) in [5, 5.41) is 0. The Morgan fingerprint density at radius 2 is 2.24 bits per heavy atom. The van der Waals surface area contributed by atoms with Gasteiger partial charge in [-0.1, -0.05) is 25.0 Å². The third-order valence-electron chi connectivity index (χ3n) is 6.58. The second kappa shape index (κ2) is 10.9. The number of hydrogen-bond acceptors (Lipinski definition) is 6. The van der Waals surface area contributed by atoms with Crippen LogP contribution in [0.1, 0.15) is 57.2 Å². The number of thiazole rings is 1. The number of nitrogens with one attached hydrogen (secondary N) is 1. The van der Waals surface area contributed by atoms with E-state index in [-0.39, 0.29) is 0 Å². The summed E-state index contributed by atoms with van der Waals surface area (Å²) in [6.45, 7) is 11.2. The molecule has 3 heterocycles. The number of rotatable bonds is 8. The minimum Gasteiger partial charge on any atom is -0.363 e. The number of imidazole rings is 1. The average Bonchev–Trinajstić information content (AvgIpc) is 3.49. The molecule has 0 aliphatic carbocycles. The molecule has 1 aliphatic rings. The molecule has 8 heteroatoms. The first kappa shape index (κ1) is 24.0. The standard InChI is InChI=1S/C26H32N6OS/c1-5-8-9-21-15-32(28-17-33)26(29-21)24(7-3)31-13-12-30(16-22(31)6-2)19(4)20-10-11-23-25(14-20)34-18-27-23/h7,10-11,14-15,17-19,22H,6,9,12-13,16H2,1-4H3,(H,28,33)/b24-7+. The fourth-order valence-corrected chi connectivity index (χ4v) is 5.42. The number of fused-ring (bicyclic) bond motifs is 1. The second-order valence-corrected chi connectivity index (χ2v) is 9.34. The van der Waals surface area contributed by atoms with Crippen molar-refractivity contribution in [1.82, 2.24) is 24.4 Å². The summed E-state index contributed by atoms with van der Waals surface area (Å²) in [4.78, 5) is 25.5. The molecule has 178 valence electrons. The molecule has 3 aromatic rings. The van der Waals surface area contributed by atoms with Crippen LogP contribution < -0.4 is 5.43 Å². The molecule has 4 rings (SSSR count). The Balaban J connectivity index is 1.55. The van der Waals surface area contributed by atoms with Crippen LogP contribution in [0, 0.1) is 11.8 Å². The molecule has 0 radical (unpaired) electrons. The number of carbonyl (C=O) groups excluding carboxylic acids is 1. The molecule has 2 aromatic heterocycles. The summed E-state index contributed by atoms with van der Waals surface area (Å²) in [6.07, 6.45) is 6.21. The maximum Gasteiger partial charge on any atom is 0.226 e. The predicted octanol–water partition coefficient (Wildman–Crippen LogP) is 4.28. The fourth-order valence-electron chi connectivity index (χ4n) is 4.69. The Hall–Kier alpha value is -3.15. The predicted molar refractivity (Wildman–Crippen MR) is 139 cm³/mol. The van der Waals surface area contributed by atoms with Crippen molar-refractivity contribution in [2.45, 2.75) is 52.6 Å². The smallest absolute Gasteiger partial charge is 0.226 e. The molecule has 1 aliphatic heterocycles. The summed E-state index contributed by atoms with van der Waals surface area (Å²) in [7, 11) is 0. The normalized spacial score (nSPS) is 17.9. The van der Waals surface area contributed by atoms with Gasteiger partial charge in [-0.3, -0.25) is 15.1 Å². The molecule has 0 saturated carbocycles.